The van der Waals surface area contributed by atoms with Crippen LogP contribution in [0.1, 0.15) is 81.1 Å². The maximum atomic E-state index is 12.5. The highest BCUT2D eigenvalue weighted by Crippen LogP contribution is 2.41. The van der Waals surface area contributed by atoms with Crippen LogP contribution >= 0.6 is 0 Å². The minimum atomic E-state index is -0.612. The molecule has 2 fully saturated rings. The lowest BCUT2D eigenvalue weighted by Gasteiger charge is -2.49. The molecule has 0 aromatic rings. The average molecular weight is 559 g/mol. The van der Waals surface area contributed by atoms with E-state index in [9.17, 15) is 20.0 Å². The zero-order valence-electron chi connectivity index (χ0n) is 25.2. The molecule has 0 aliphatic carbocycles. The van der Waals surface area contributed by atoms with Crippen molar-refractivity contribution < 1.29 is 43.7 Å². The van der Waals surface area contributed by atoms with E-state index in [1.54, 1.807) is 0 Å². The SMILES string of the molecule is CC1(C)CC(C(=O)OCCOCCOCCOCCOC(=O)C2CC(C)(C)N([O])C(C)(C)C2)CC(C)(C)N1[O]. The van der Waals surface area contributed by atoms with Crippen molar-refractivity contribution in [1.29, 1.82) is 0 Å². The van der Waals surface area contributed by atoms with Gasteiger partial charge in [-0.3, -0.25) is 9.59 Å². The molecule has 0 N–H and O–H groups in total. The molecule has 0 aromatic heterocycles. The van der Waals surface area contributed by atoms with Crippen LogP contribution in [0.2, 0.25) is 0 Å². The van der Waals surface area contributed by atoms with E-state index in [4.69, 9.17) is 23.7 Å². The summed E-state index contributed by atoms with van der Waals surface area (Å²) >= 11 is 0. The molecule has 0 amide bonds. The van der Waals surface area contributed by atoms with Crippen LogP contribution in [0.25, 0.3) is 0 Å². The molecule has 2 aliphatic heterocycles. The van der Waals surface area contributed by atoms with Gasteiger partial charge < -0.3 is 23.7 Å². The molecular formula is C28H50N2O9. The lowest BCUT2D eigenvalue weighted by molar-refractivity contribution is -0.293. The minimum absolute atomic E-state index is 0.157. The summed E-state index contributed by atoms with van der Waals surface area (Å²) in [4.78, 5) is 24.9. The fraction of sp³-hybridized carbons (Fsp3) is 0.929. The van der Waals surface area contributed by atoms with E-state index in [1.807, 2.05) is 55.4 Å². The predicted molar refractivity (Wildman–Crippen MR) is 141 cm³/mol. The van der Waals surface area contributed by atoms with Crippen LogP contribution in [0.5, 0.6) is 0 Å². The van der Waals surface area contributed by atoms with Gasteiger partial charge in [-0.05, 0) is 81.1 Å². The highest BCUT2D eigenvalue weighted by atomic mass is 16.6. The van der Waals surface area contributed by atoms with Crippen molar-refractivity contribution in [1.82, 2.24) is 10.1 Å². The quantitative estimate of drug-likeness (QED) is 0.233. The van der Waals surface area contributed by atoms with Gasteiger partial charge in [0.25, 0.3) is 0 Å². The Morgan fingerprint density at radius 1 is 0.513 bits per heavy atom. The number of carbonyl (C=O) groups is 2. The molecule has 2 radical (unpaired) electrons. The van der Waals surface area contributed by atoms with Crippen LogP contribution in [-0.2, 0) is 43.7 Å². The van der Waals surface area contributed by atoms with E-state index in [1.165, 1.54) is 0 Å². The van der Waals surface area contributed by atoms with Crippen LogP contribution in [0.4, 0.5) is 0 Å². The fourth-order valence-electron chi connectivity index (χ4n) is 6.04. The van der Waals surface area contributed by atoms with Crippen molar-refractivity contribution in [2.45, 2.75) is 103 Å². The zero-order chi connectivity index (χ0) is 29.5. The Morgan fingerprint density at radius 2 is 0.744 bits per heavy atom. The van der Waals surface area contributed by atoms with E-state index in [-0.39, 0.29) is 50.2 Å². The number of esters is 2. The lowest BCUT2D eigenvalue weighted by atomic mass is 9.75. The summed E-state index contributed by atoms with van der Waals surface area (Å²) in [7, 11) is 0. The molecule has 0 unspecified atom stereocenters. The van der Waals surface area contributed by atoms with Crippen LogP contribution in [-0.4, -0.2) is 97.1 Å². The van der Waals surface area contributed by atoms with E-state index >= 15 is 0 Å². The third-order valence-corrected chi connectivity index (χ3v) is 7.54. The van der Waals surface area contributed by atoms with Crippen molar-refractivity contribution in [2.24, 2.45) is 11.8 Å². The zero-order valence-corrected chi connectivity index (χ0v) is 25.2. The van der Waals surface area contributed by atoms with Gasteiger partial charge in [-0.2, -0.15) is 0 Å². The predicted octanol–water partition coefficient (Wildman–Crippen LogP) is 3.35. The number of ether oxygens (including phenoxy) is 5. The van der Waals surface area contributed by atoms with Crippen molar-refractivity contribution >= 4 is 11.9 Å². The topological polar surface area (TPSA) is 127 Å². The molecule has 2 heterocycles. The van der Waals surface area contributed by atoms with Gasteiger partial charge in [0.05, 0.1) is 51.5 Å². The van der Waals surface area contributed by atoms with Gasteiger partial charge in [0, 0.05) is 22.2 Å². The Hall–Kier alpha value is -1.34. The minimum Gasteiger partial charge on any atom is -0.463 e. The number of piperidine rings is 2. The number of hydrogen-bond donors (Lipinski definition) is 0. The Morgan fingerprint density at radius 3 is 1.00 bits per heavy atom. The number of hydrogen-bond acceptors (Lipinski definition) is 9. The summed E-state index contributed by atoms with van der Waals surface area (Å²) in [6.45, 7) is 17.2. The average Bonchev–Trinajstić information content (AvgIpc) is 2.82. The molecule has 2 saturated heterocycles. The number of hydroxylamine groups is 4. The van der Waals surface area contributed by atoms with Gasteiger partial charge >= 0.3 is 11.9 Å². The molecular weight excluding hydrogens is 508 g/mol. The first kappa shape index (κ1) is 33.9. The summed E-state index contributed by atoms with van der Waals surface area (Å²) in [5.41, 5.74) is -2.45. The molecule has 0 spiro atoms. The third-order valence-electron chi connectivity index (χ3n) is 7.54. The van der Waals surface area contributed by atoms with E-state index in [0.717, 1.165) is 10.1 Å². The Kier molecular flexibility index (Phi) is 12.2. The first-order chi connectivity index (χ1) is 18.0. The van der Waals surface area contributed by atoms with Crippen LogP contribution in [0, 0.1) is 11.8 Å². The third kappa shape index (κ3) is 9.91. The first-order valence-electron chi connectivity index (χ1n) is 14.0. The molecule has 0 atom stereocenters. The van der Waals surface area contributed by atoms with Crippen LogP contribution in [0.15, 0.2) is 0 Å². The van der Waals surface area contributed by atoms with Crippen molar-refractivity contribution in [3.63, 3.8) is 0 Å². The molecule has 11 nitrogen and oxygen atoms in total. The molecule has 2 aliphatic rings. The highest BCUT2D eigenvalue weighted by Gasteiger charge is 2.49. The van der Waals surface area contributed by atoms with Crippen molar-refractivity contribution in [3.8, 4) is 0 Å². The second kappa shape index (κ2) is 14.0. The lowest BCUT2D eigenvalue weighted by Crippen LogP contribution is -2.59. The second-order valence-corrected chi connectivity index (χ2v) is 13.2. The Balaban J connectivity index is 1.45. The van der Waals surface area contributed by atoms with Crippen molar-refractivity contribution in [3.05, 3.63) is 0 Å². The maximum Gasteiger partial charge on any atom is 0.309 e. The number of carbonyl (C=O) groups excluding carboxylic acids is 2. The van der Waals surface area contributed by atoms with Crippen LogP contribution < -0.4 is 0 Å². The van der Waals surface area contributed by atoms with Gasteiger partial charge in [0.15, 0.2) is 0 Å². The second-order valence-electron chi connectivity index (χ2n) is 13.2. The summed E-state index contributed by atoms with van der Waals surface area (Å²) < 4.78 is 27.1. The summed E-state index contributed by atoms with van der Waals surface area (Å²) in [5.74, 6) is -1.17. The molecule has 11 heteroatoms. The Bertz CT molecular complexity index is 700. The summed E-state index contributed by atoms with van der Waals surface area (Å²) in [6.07, 6.45) is 1.88. The number of nitrogens with zero attached hydrogens (tertiary/aromatic N) is 2. The Labute approximate surface area is 233 Å². The van der Waals surface area contributed by atoms with Gasteiger partial charge in [-0.15, -0.1) is 20.5 Å². The summed E-state index contributed by atoms with van der Waals surface area (Å²) in [6, 6.07) is 0. The van der Waals surface area contributed by atoms with E-state index < -0.39 is 22.2 Å². The molecule has 39 heavy (non-hydrogen) atoms. The monoisotopic (exact) mass is 558 g/mol. The van der Waals surface area contributed by atoms with Crippen molar-refractivity contribution in [2.75, 3.05) is 52.9 Å². The highest BCUT2D eigenvalue weighted by molar-refractivity contribution is 5.73. The molecule has 0 saturated carbocycles. The largest absolute Gasteiger partial charge is 0.463 e. The van der Waals surface area contributed by atoms with E-state index in [2.05, 4.69) is 0 Å². The smallest absolute Gasteiger partial charge is 0.309 e. The number of rotatable bonds is 14. The first-order valence-corrected chi connectivity index (χ1v) is 14.0. The molecule has 226 valence electrons. The normalized spacial score (nSPS) is 23.4. The molecule has 0 aromatic carbocycles. The van der Waals surface area contributed by atoms with E-state index in [0.29, 0.717) is 52.1 Å². The van der Waals surface area contributed by atoms with Gasteiger partial charge in [-0.1, -0.05) is 0 Å². The molecule has 0 bridgehead atoms. The van der Waals surface area contributed by atoms with Gasteiger partial charge in [0.1, 0.15) is 13.2 Å². The molecule has 2 rings (SSSR count). The van der Waals surface area contributed by atoms with Gasteiger partial charge in [0.2, 0.25) is 0 Å². The maximum absolute atomic E-state index is 12.5. The summed E-state index contributed by atoms with van der Waals surface area (Å²) in [5, 5.41) is 27.0. The van der Waals surface area contributed by atoms with Gasteiger partial charge in [-0.25, -0.2) is 0 Å². The standard InChI is InChI=1S/C28H50N2O9/c1-25(2)17-21(18-26(3,4)29(25)33)23(31)38-15-13-36-11-9-35-10-12-37-14-16-39-24(32)22-19-27(5,6)30(34)28(7,8)20-22/h21-22H,9-20H2,1-8H3. The fourth-order valence-corrected chi connectivity index (χ4v) is 6.04. The van der Waals surface area contributed by atoms with Crippen LogP contribution in [0.3, 0.4) is 0 Å².